The van der Waals surface area contributed by atoms with Crippen molar-refractivity contribution in [3.8, 4) is 5.69 Å². The fourth-order valence-corrected chi connectivity index (χ4v) is 2.53. The van der Waals surface area contributed by atoms with Crippen LogP contribution in [0.25, 0.3) is 5.69 Å². The molecule has 0 aliphatic heterocycles. The maximum absolute atomic E-state index is 12.3. The number of nitrogens with zero attached hydrogens (tertiary/aromatic N) is 1. The van der Waals surface area contributed by atoms with Crippen molar-refractivity contribution in [3.05, 3.63) is 84.2 Å². The Balaban J connectivity index is 1.60. The normalized spacial score (nSPS) is 11.6. The molecule has 0 radical (unpaired) electrons. The molecule has 26 heavy (non-hydrogen) atoms. The van der Waals surface area contributed by atoms with Crippen molar-refractivity contribution in [3.63, 3.8) is 0 Å². The van der Waals surface area contributed by atoms with Crippen LogP contribution in [0, 0.1) is 6.92 Å². The Morgan fingerprint density at radius 3 is 2.35 bits per heavy atom. The van der Waals surface area contributed by atoms with Gasteiger partial charge in [-0.3, -0.25) is 4.79 Å². The van der Waals surface area contributed by atoms with E-state index in [9.17, 15) is 9.59 Å². The average Bonchev–Trinajstić information content (AvgIpc) is 3.16. The van der Waals surface area contributed by atoms with Crippen molar-refractivity contribution in [2.75, 3.05) is 5.32 Å². The van der Waals surface area contributed by atoms with Crippen LogP contribution in [0.1, 0.15) is 22.8 Å². The molecule has 1 heterocycles. The molecular formula is C21H20N2O3. The van der Waals surface area contributed by atoms with E-state index in [0.29, 0.717) is 11.3 Å². The van der Waals surface area contributed by atoms with Gasteiger partial charge in [-0.15, -0.1) is 0 Å². The van der Waals surface area contributed by atoms with E-state index >= 15 is 0 Å². The summed E-state index contributed by atoms with van der Waals surface area (Å²) < 4.78 is 7.21. The van der Waals surface area contributed by atoms with Crippen LogP contribution in [0.2, 0.25) is 0 Å². The van der Waals surface area contributed by atoms with Crippen LogP contribution in [-0.4, -0.2) is 22.5 Å². The highest BCUT2D eigenvalue weighted by molar-refractivity contribution is 5.97. The van der Waals surface area contributed by atoms with Gasteiger partial charge in [-0.25, -0.2) is 4.79 Å². The van der Waals surface area contributed by atoms with Gasteiger partial charge in [0.2, 0.25) is 0 Å². The smallest absolute Gasteiger partial charge is 0.338 e. The van der Waals surface area contributed by atoms with Crippen molar-refractivity contribution >= 4 is 17.6 Å². The van der Waals surface area contributed by atoms with Crippen LogP contribution in [0.4, 0.5) is 5.69 Å². The van der Waals surface area contributed by atoms with E-state index in [1.54, 1.807) is 25.1 Å². The maximum atomic E-state index is 12.3. The molecule has 1 unspecified atom stereocenters. The quantitative estimate of drug-likeness (QED) is 0.710. The van der Waals surface area contributed by atoms with Gasteiger partial charge in [-0.2, -0.15) is 0 Å². The number of aryl methyl sites for hydroxylation is 1. The standard InChI is InChI=1S/C21H20N2O3/c1-15-6-5-7-18(14-15)22-20(24)16(2)26-21(25)17-8-10-19(11-9-17)23-12-3-4-13-23/h3-14,16H,1-2H3,(H,22,24). The van der Waals surface area contributed by atoms with E-state index in [-0.39, 0.29) is 5.91 Å². The van der Waals surface area contributed by atoms with Crippen LogP contribution >= 0.6 is 0 Å². The number of hydrogen-bond donors (Lipinski definition) is 1. The molecule has 5 heteroatoms. The molecule has 0 spiro atoms. The number of anilines is 1. The van der Waals surface area contributed by atoms with Gasteiger partial charge in [0.15, 0.2) is 6.10 Å². The molecule has 3 rings (SSSR count). The van der Waals surface area contributed by atoms with Gasteiger partial charge in [0, 0.05) is 23.8 Å². The first-order valence-corrected chi connectivity index (χ1v) is 8.35. The van der Waals surface area contributed by atoms with E-state index in [4.69, 9.17) is 4.74 Å². The number of carbonyl (C=O) groups excluding carboxylic acids is 2. The van der Waals surface area contributed by atoms with Crippen molar-refractivity contribution in [2.45, 2.75) is 20.0 Å². The number of aromatic nitrogens is 1. The van der Waals surface area contributed by atoms with E-state index in [1.807, 2.05) is 66.3 Å². The van der Waals surface area contributed by atoms with Crippen LogP contribution in [0.15, 0.2) is 73.1 Å². The second-order valence-electron chi connectivity index (χ2n) is 6.04. The van der Waals surface area contributed by atoms with Crippen LogP contribution in [-0.2, 0) is 9.53 Å². The van der Waals surface area contributed by atoms with E-state index in [2.05, 4.69) is 5.32 Å². The number of hydrogen-bond acceptors (Lipinski definition) is 3. The second kappa shape index (κ2) is 7.70. The van der Waals surface area contributed by atoms with Crippen LogP contribution < -0.4 is 5.32 Å². The topological polar surface area (TPSA) is 60.3 Å². The van der Waals surface area contributed by atoms with Gasteiger partial charge in [-0.05, 0) is 67.9 Å². The third kappa shape index (κ3) is 4.19. The zero-order valence-electron chi connectivity index (χ0n) is 14.7. The molecule has 1 N–H and O–H groups in total. The molecule has 0 bridgehead atoms. The summed E-state index contributed by atoms with van der Waals surface area (Å²) in [7, 11) is 0. The van der Waals surface area contributed by atoms with Gasteiger partial charge in [0.1, 0.15) is 0 Å². The largest absolute Gasteiger partial charge is 0.449 e. The third-order valence-electron chi connectivity index (χ3n) is 3.94. The first kappa shape index (κ1) is 17.5. The minimum absolute atomic E-state index is 0.368. The highest BCUT2D eigenvalue weighted by Crippen LogP contribution is 2.13. The van der Waals surface area contributed by atoms with Crippen molar-refractivity contribution in [1.29, 1.82) is 0 Å². The Morgan fingerprint density at radius 1 is 1.00 bits per heavy atom. The summed E-state index contributed by atoms with van der Waals surface area (Å²) in [6.45, 7) is 3.49. The number of carbonyl (C=O) groups is 2. The molecule has 0 saturated heterocycles. The maximum Gasteiger partial charge on any atom is 0.338 e. The Bertz CT molecular complexity index is 899. The van der Waals surface area contributed by atoms with Crippen LogP contribution in [0.3, 0.4) is 0 Å². The van der Waals surface area contributed by atoms with E-state index < -0.39 is 12.1 Å². The lowest BCUT2D eigenvalue weighted by atomic mass is 10.2. The lowest BCUT2D eigenvalue weighted by molar-refractivity contribution is -0.123. The summed E-state index contributed by atoms with van der Waals surface area (Å²) in [5.41, 5.74) is 3.05. The van der Waals surface area contributed by atoms with E-state index in [1.165, 1.54) is 0 Å². The number of ether oxygens (including phenoxy) is 1. The summed E-state index contributed by atoms with van der Waals surface area (Å²) in [5.74, 6) is -0.899. The minimum Gasteiger partial charge on any atom is -0.449 e. The summed E-state index contributed by atoms with van der Waals surface area (Å²) in [6, 6.07) is 18.3. The number of benzene rings is 2. The fourth-order valence-electron chi connectivity index (χ4n) is 2.53. The first-order chi connectivity index (χ1) is 12.5. The lowest BCUT2D eigenvalue weighted by Gasteiger charge is -2.14. The molecule has 0 fully saturated rings. The molecule has 0 aliphatic carbocycles. The highest BCUT2D eigenvalue weighted by atomic mass is 16.5. The highest BCUT2D eigenvalue weighted by Gasteiger charge is 2.19. The summed E-state index contributed by atoms with van der Waals surface area (Å²) in [6.07, 6.45) is 2.95. The summed E-state index contributed by atoms with van der Waals surface area (Å²) >= 11 is 0. The molecule has 132 valence electrons. The molecular weight excluding hydrogens is 328 g/mol. The lowest BCUT2D eigenvalue weighted by Crippen LogP contribution is -2.30. The SMILES string of the molecule is Cc1cccc(NC(=O)C(C)OC(=O)c2ccc(-n3cccc3)cc2)c1. The second-order valence-corrected chi connectivity index (χ2v) is 6.04. The molecule has 1 atom stereocenters. The zero-order chi connectivity index (χ0) is 18.5. The van der Waals surface area contributed by atoms with Crippen molar-refractivity contribution < 1.29 is 14.3 Å². The monoisotopic (exact) mass is 348 g/mol. The predicted molar refractivity (Wildman–Crippen MR) is 100 cm³/mol. The van der Waals surface area contributed by atoms with Crippen molar-refractivity contribution in [1.82, 2.24) is 4.57 Å². The fraction of sp³-hybridized carbons (Fsp3) is 0.143. The molecule has 0 saturated carbocycles. The Kier molecular flexibility index (Phi) is 5.17. The molecule has 3 aromatic rings. The Hall–Kier alpha value is -3.34. The minimum atomic E-state index is -0.896. The predicted octanol–water partition coefficient (Wildman–Crippen LogP) is 3.97. The Morgan fingerprint density at radius 2 is 1.69 bits per heavy atom. The third-order valence-corrected chi connectivity index (χ3v) is 3.94. The molecule has 1 aromatic heterocycles. The first-order valence-electron chi connectivity index (χ1n) is 8.35. The number of rotatable bonds is 5. The number of esters is 1. The molecule has 2 aromatic carbocycles. The van der Waals surface area contributed by atoms with Gasteiger partial charge >= 0.3 is 5.97 Å². The number of amides is 1. The average molecular weight is 348 g/mol. The van der Waals surface area contributed by atoms with Crippen LogP contribution in [0.5, 0.6) is 0 Å². The van der Waals surface area contributed by atoms with Gasteiger partial charge < -0.3 is 14.6 Å². The van der Waals surface area contributed by atoms with Gasteiger partial charge in [-0.1, -0.05) is 12.1 Å². The van der Waals surface area contributed by atoms with Gasteiger partial charge in [0.25, 0.3) is 5.91 Å². The van der Waals surface area contributed by atoms with E-state index in [0.717, 1.165) is 11.3 Å². The molecule has 0 aliphatic rings. The van der Waals surface area contributed by atoms with Crippen molar-refractivity contribution in [2.24, 2.45) is 0 Å². The zero-order valence-corrected chi connectivity index (χ0v) is 14.7. The molecule has 1 amide bonds. The molecule has 5 nitrogen and oxygen atoms in total. The number of nitrogens with one attached hydrogen (secondary N) is 1. The summed E-state index contributed by atoms with van der Waals surface area (Å²) in [5, 5.41) is 2.75. The summed E-state index contributed by atoms with van der Waals surface area (Å²) in [4.78, 5) is 24.5. The van der Waals surface area contributed by atoms with Gasteiger partial charge in [0.05, 0.1) is 5.56 Å². The Labute approximate surface area is 152 Å².